The Balaban J connectivity index is 1.78. The van der Waals surface area contributed by atoms with Gasteiger partial charge in [-0.15, -0.1) is 0 Å². The number of benzene rings is 2. The van der Waals surface area contributed by atoms with Gasteiger partial charge >= 0.3 is 0 Å². The fourth-order valence-electron chi connectivity index (χ4n) is 2.48. The highest BCUT2D eigenvalue weighted by Crippen LogP contribution is 2.26. The maximum absolute atomic E-state index is 12.6. The molecule has 0 spiro atoms. The number of rotatable bonds is 6. The van der Waals surface area contributed by atoms with Gasteiger partial charge < -0.3 is 20.1 Å². The summed E-state index contributed by atoms with van der Waals surface area (Å²) < 4.78 is 10.5. The van der Waals surface area contributed by atoms with Crippen LogP contribution in [0, 0.1) is 6.92 Å². The minimum atomic E-state index is -0.352. The Morgan fingerprint density at radius 2 is 1.89 bits per heavy atom. The SMILES string of the molecule is COc1cccc(Nc2nccc(C(=O)Nc3cc(C)ccc3OC)n2)c1. The number of nitrogens with one attached hydrogen (secondary N) is 2. The van der Waals surface area contributed by atoms with Crippen LogP contribution < -0.4 is 20.1 Å². The van der Waals surface area contributed by atoms with Gasteiger partial charge in [-0.1, -0.05) is 12.1 Å². The molecule has 2 N–H and O–H groups in total. The molecule has 7 nitrogen and oxygen atoms in total. The minimum Gasteiger partial charge on any atom is -0.497 e. The van der Waals surface area contributed by atoms with Crippen LogP contribution in [0.5, 0.6) is 11.5 Å². The van der Waals surface area contributed by atoms with E-state index in [0.717, 1.165) is 11.3 Å². The number of hydrogen-bond donors (Lipinski definition) is 2. The Morgan fingerprint density at radius 1 is 1.04 bits per heavy atom. The molecule has 0 aliphatic carbocycles. The zero-order chi connectivity index (χ0) is 19.2. The molecule has 0 bridgehead atoms. The molecule has 1 amide bonds. The van der Waals surface area contributed by atoms with E-state index in [4.69, 9.17) is 9.47 Å². The molecule has 138 valence electrons. The fourth-order valence-corrected chi connectivity index (χ4v) is 2.48. The van der Waals surface area contributed by atoms with Crippen molar-refractivity contribution in [3.63, 3.8) is 0 Å². The Morgan fingerprint density at radius 3 is 2.67 bits per heavy atom. The van der Waals surface area contributed by atoms with E-state index in [1.807, 2.05) is 43.3 Å². The van der Waals surface area contributed by atoms with Crippen molar-refractivity contribution in [3.8, 4) is 11.5 Å². The maximum Gasteiger partial charge on any atom is 0.274 e. The smallest absolute Gasteiger partial charge is 0.274 e. The lowest BCUT2D eigenvalue weighted by molar-refractivity contribution is 0.102. The van der Waals surface area contributed by atoms with Gasteiger partial charge in [0.2, 0.25) is 5.95 Å². The summed E-state index contributed by atoms with van der Waals surface area (Å²) in [6.45, 7) is 1.94. The molecule has 3 rings (SSSR count). The number of ether oxygens (including phenoxy) is 2. The Kier molecular flexibility index (Phi) is 5.51. The normalized spacial score (nSPS) is 10.2. The average Bonchev–Trinajstić information content (AvgIpc) is 2.68. The van der Waals surface area contributed by atoms with Crippen molar-refractivity contribution in [2.24, 2.45) is 0 Å². The summed E-state index contributed by atoms with van der Waals surface area (Å²) in [6.07, 6.45) is 1.53. The molecule has 1 heterocycles. The predicted octanol–water partition coefficient (Wildman–Crippen LogP) is 3.80. The standard InChI is InChI=1S/C20H20N4O3/c1-13-7-8-18(27-3)17(11-13)23-19(25)16-9-10-21-20(24-16)22-14-5-4-6-15(12-14)26-2/h4-12H,1-3H3,(H,23,25)(H,21,22,24). The molecule has 27 heavy (non-hydrogen) atoms. The number of methoxy groups -OCH3 is 2. The van der Waals surface area contributed by atoms with Crippen LogP contribution in [0.15, 0.2) is 54.7 Å². The zero-order valence-electron chi connectivity index (χ0n) is 15.3. The van der Waals surface area contributed by atoms with Crippen molar-refractivity contribution < 1.29 is 14.3 Å². The van der Waals surface area contributed by atoms with Crippen LogP contribution in [0.1, 0.15) is 16.1 Å². The van der Waals surface area contributed by atoms with E-state index in [9.17, 15) is 4.79 Å². The van der Waals surface area contributed by atoms with Crippen molar-refractivity contribution >= 4 is 23.2 Å². The van der Waals surface area contributed by atoms with Gasteiger partial charge in [0.05, 0.1) is 19.9 Å². The lowest BCUT2D eigenvalue weighted by atomic mass is 10.2. The molecule has 0 saturated carbocycles. The first-order valence-electron chi connectivity index (χ1n) is 8.29. The molecule has 0 fully saturated rings. The second-order valence-corrected chi connectivity index (χ2v) is 5.78. The van der Waals surface area contributed by atoms with Crippen LogP contribution in [0.3, 0.4) is 0 Å². The lowest BCUT2D eigenvalue weighted by Gasteiger charge is -2.11. The highest BCUT2D eigenvalue weighted by atomic mass is 16.5. The van der Waals surface area contributed by atoms with Gasteiger partial charge in [-0.3, -0.25) is 4.79 Å². The first-order valence-corrected chi connectivity index (χ1v) is 8.29. The number of aryl methyl sites for hydroxylation is 1. The van der Waals surface area contributed by atoms with E-state index in [2.05, 4.69) is 20.6 Å². The van der Waals surface area contributed by atoms with Crippen molar-refractivity contribution in [3.05, 3.63) is 66.0 Å². The number of hydrogen-bond acceptors (Lipinski definition) is 6. The van der Waals surface area contributed by atoms with Gasteiger partial charge in [0, 0.05) is 18.0 Å². The summed E-state index contributed by atoms with van der Waals surface area (Å²) in [4.78, 5) is 21.0. The van der Waals surface area contributed by atoms with Crippen molar-refractivity contribution in [1.29, 1.82) is 0 Å². The van der Waals surface area contributed by atoms with E-state index in [1.54, 1.807) is 26.4 Å². The number of anilines is 3. The third-order valence-corrected chi connectivity index (χ3v) is 3.82. The molecule has 0 radical (unpaired) electrons. The molecule has 7 heteroatoms. The molecular formula is C20H20N4O3. The maximum atomic E-state index is 12.6. The molecule has 2 aromatic carbocycles. The Bertz CT molecular complexity index is 959. The molecule has 0 atom stereocenters. The highest BCUT2D eigenvalue weighted by molar-refractivity contribution is 6.03. The summed E-state index contributed by atoms with van der Waals surface area (Å²) in [5.74, 6) is 1.25. The quantitative estimate of drug-likeness (QED) is 0.692. The number of carbonyl (C=O) groups is 1. The Hall–Kier alpha value is -3.61. The van der Waals surface area contributed by atoms with Gasteiger partial charge in [0.1, 0.15) is 17.2 Å². The second-order valence-electron chi connectivity index (χ2n) is 5.78. The van der Waals surface area contributed by atoms with Crippen molar-refractivity contribution in [1.82, 2.24) is 9.97 Å². The zero-order valence-corrected chi connectivity index (χ0v) is 15.3. The minimum absolute atomic E-state index is 0.235. The van der Waals surface area contributed by atoms with E-state index >= 15 is 0 Å². The van der Waals surface area contributed by atoms with E-state index < -0.39 is 0 Å². The third kappa shape index (κ3) is 4.52. The fraction of sp³-hybridized carbons (Fsp3) is 0.150. The number of carbonyl (C=O) groups excluding carboxylic acids is 1. The predicted molar refractivity (Wildman–Crippen MR) is 104 cm³/mol. The molecule has 0 saturated heterocycles. The number of amides is 1. The molecule has 0 aliphatic heterocycles. The first kappa shape index (κ1) is 18.2. The van der Waals surface area contributed by atoms with Gasteiger partial charge in [-0.25, -0.2) is 9.97 Å². The van der Waals surface area contributed by atoms with Crippen LogP contribution in [-0.4, -0.2) is 30.1 Å². The summed E-state index contributed by atoms with van der Waals surface area (Å²) in [7, 11) is 3.15. The largest absolute Gasteiger partial charge is 0.497 e. The van der Waals surface area contributed by atoms with E-state index in [1.165, 1.54) is 6.20 Å². The molecule has 3 aromatic rings. The Labute approximate surface area is 157 Å². The summed E-state index contributed by atoms with van der Waals surface area (Å²) in [6, 6.07) is 14.5. The molecule has 0 unspecified atom stereocenters. The van der Waals surface area contributed by atoms with Crippen LogP contribution >= 0.6 is 0 Å². The van der Waals surface area contributed by atoms with E-state index in [-0.39, 0.29) is 11.6 Å². The van der Waals surface area contributed by atoms with Gasteiger partial charge in [0.15, 0.2) is 0 Å². The number of nitrogens with zero attached hydrogens (tertiary/aromatic N) is 2. The van der Waals surface area contributed by atoms with Crippen LogP contribution in [-0.2, 0) is 0 Å². The van der Waals surface area contributed by atoms with Crippen molar-refractivity contribution in [2.75, 3.05) is 24.9 Å². The average molecular weight is 364 g/mol. The summed E-state index contributed by atoms with van der Waals surface area (Å²) in [5.41, 5.74) is 2.59. The number of aromatic nitrogens is 2. The third-order valence-electron chi connectivity index (χ3n) is 3.82. The van der Waals surface area contributed by atoms with Crippen LogP contribution in [0.4, 0.5) is 17.3 Å². The van der Waals surface area contributed by atoms with Crippen LogP contribution in [0.25, 0.3) is 0 Å². The highest BCUT2D eigenvalue weighted by Gasteiger charge is 2.12. The van der Waals surface area contributed by atoms with Gasteiger partial charge in [0.25, 0.3) is 5.91 Å². The summed E-state index contributed by atoms with van der Waals surface area (Å²) in [5, 5.41) is 5.89. The molecule has 0 aliphatic rings. The second kappa shape index (κ2) is 8.18. The van der Waals surface area contributed by atoms with Crippen LogP contribution in [0.2, 0.25) is 0 Å². The lowest BCUT2D eigenvalue weighted by Crippen LogP contribution is -2.15. The molecular weight excluding hydrogens is 344 g/mol. The monoisotopic (exact) mass is 364 g/mol. The first-order chi connectivity index (χ1) is 13.1. The van der Waals surface area contributed by atoms with Gasteiger partial charge in [-0.2, -0.15) is 0 Å². The van der Waals surface area contributed by atoms with Gasteiger partial charge in [-0.05, 0) is 42.8 Å². The topological polar surface area (TPSA) is 85.4 Å². The van der Waals surface area contributed by atoms with E-state index in [0.29, 0.717) is 23.1 Å². The summed E-state index contributed by atoms with van der Waals surface area (Å²) >= 11 is 0. The molecule has 1 aromatic heterocycles. The van der Waals surface area contributed by atoms with Crippen molar-refractivity contribution in [2.45, 2.75) is 6.92 Å².